The first kappa shape index (κ1) is 25.1. The third kappa shape index (κ3) is 5.39. The molecule has 4 heteroatoms. The highest BCUT2D eigenvalue weighted by Crippen LogP contribution is 2.33. The van der Waals surface area contributed by atoms with Crippen LogP contribution in [0.3, 0.4) is 0 Å². The number of carbonyl (C=O) groups excluding carboxylic acids is 1. The van der Waals surface area contributed by atoms with Crippen LogP contribution in [-0.4, -0.2) is 41.6 Å². The summed E-state index contributed by atoms with van der Waals surface area (Å²) in [7, 11) is 1.71. The summed E-state index contributed by atoms with van der Waals surface area (Å²) in [6.07, 6.45) is 14.9. The molecule has 192 valence electrons. The number of rotatable bonds is 8. The molecule has 2 aromatic carbocycles. The van der Waals surface area contributed by atoms with Crippen LogP contribution in [0.2, 0.25) is 0 Å². The number of likely N-dealkylation sites (tertiary alicyclic amines) is 1. The van der Waals surface area contributed by atoms with E-state index in [2.05, 4.69) is 17.9 Å². The summed E-state index contributed by atoms with van der Waals surface area (Å²) < 4.78 is 7.48. The van der Waals surface area contributed by atoms with Crippen molar-refractivity contribution < 1.29 is 9.53 Å². The standard InChI is InChI=1S/C32H42N2O2/c1-24-29(20-22-33-21-10-9-15-27(33)17-16-25-11-5-3-6-12-25)30-23-28(36-2)18-19-31(30)34(24)32(35)26-13-7-4-8-14-26/h4,7-8,13-14,18-19,23,25,27H,3,5-6,9-12,15-17,20-22H2,1-2H3. The fourth-order valence-corrected chi connectivity index (χ4v) is 6.72. The first-order chi connectivity index (χ1) is 17.7. The van der Waals surface area contributed by atoms with Crippen LogP contribution in [0.4, 0.5) is 0 Å². The Hall–Kier alpha value is -2.59. The van der Waals surface area contributed by atoms with Crippen molar-refractivity contribution >= 4 is 16.8 Å². The van der Waals surface area contributed by atoms with Gasteiger partial charge in [-0.15, -0.1) is 0 Å². The summed E-state index contributed by atoms with van der Waals surface area (Å²) in [5, 5.41) is 1.15. The predicted octanol–water partition coefficient (Wildman–Crippen LogP) is 7.40. The number of methoxy groups -OCH3 is 1. The average molecular weight is 487 g/mol. The summed E-state index contributed by atoms with van der Waals surface area (Å²) in [6, 6.07) is 16.5. The molecular formula is C32H42N2O2. The molecule has 0 N–H and O–H groups in total. The van der Waals surface area contributed by atoms with Crippen molar-refractivity contribution in [3.8, 4) is 5.75 Å². The second kappa shape index (κ2) is 11.6. The Labute approximate surface area is 216 Å². The molecule has 1 unspecified atom stereocenters. The van der Waals surface area contributed by atoms with Gasteiger partial charge < -0.3 is 9.64 Å². The summed E-state index contributed by atoms with van der Waals surface area (Å²) in [4.78, 5) is 16.3. The van der Waals surface area contributed by atoms with Gasteiger partial charge in [-0.05, 0) is 87.4 Å². The van der Waals surface area contributed by atoms with Gasteiger partial charge in [-0.1, -0.05) is 56.7 Å². The van der Waals surface area contributed by atoms with E-state index in [0.717, 1.165) is 52.8 Å². The van der Waals surface area contributed by atoms with Crippen LogP contribution < -0.4 is 4.74 Å². The molecule has 1 aliphatic heterocycles. The number of piperidine rings is 1. The molecule has 5 rings (SSSR count). The third-order valence-electron chi connectivity index (χ3n) is 8.80. The number of benzene rings is 2. The molecule has 1 aromatic heterocycles. The zero-order valence-corrected chi connectivity index (χ0v) is 22.2. The Bertz CT molecular complexity index is 1160. The van der Waals surface area contributed by atoms with Gasteiger partial charge in [0.05, 0.1) is 12.6 Å². The highest BCUT2D eigenvalue weighted by atomic mass is 16.5. The molecule has 36 heavy (non-hydrogen) atoms. The van der Waals surface area contributed by atoms with E-state index >= 15 is 0 Å². The van der Waals surface area contributed by atoms with Gasteiger partial charge in [0.25, 0.3) is 5.91 Å². The van der Waals surface area contributed by atoms with Crippen LogP contribution >= 0.6 is 0 Å². The summed E-state index contributed by atoms with van der Waals surface area (Å²) >= 11 is 0. The Morgan fingerprint density at radius 3 is 2.50 bits per heavy atom. The molecule has 0 bridgehead atoms. The summed E-state index contributed by atoms with van der Waals surface area (Å²) in [6.45, 7) is 4.38. The van der Waals surface area contributed by atoms with Crippen LogP contribution in [0.15, 0.2) is 48.5 Å². The maximum atomic E-state index is 13.6. The topological polar surface area (TPSA) is 34.5 Å². The van der Waals surface area contributed by atoms with E-state index in [1.54, 1.807) is 7.11 Å². The maximum Gasteiger partial charge on any atom is 0.262 e. The van der Waals surface area contributed by atoms with Crippen LogP contribution in [0.1, 0.15) is 85.8 Å². The first-order valence-electron chi connectivity index (χ1n) is 14.2. The van der Waals surface area contributed by atoms with Gasteiger partial charge in [0.1, 0.15) is 5.75 Å². The van der Waals surface area contributed by atoms with Crippen molar-refractivity contribution in [2.45, 2.75) is 83.6 Å². The third-order valence-corrected chi connectivity index (χ3v) is 8.80. The Morgan fingerprint density at radius 1 is 0.944 bits per heavy atom. The van der Waals surface area contributed by atoms with Crippen LogP contribution in [0.25, 0.3) is 10.9 Å². The minimum atomic E-state index is 0.0397. The SMILES string of the molecule is COc1ccc2c(c1)c(CCN1CCCCC1CCC1CCCCC1)c(C)n2C(=O)c1ccccc1. The maximum absolute atomic E-state index is 13.6. The van der Waals surface area contributed by atoms with Crippen LogP contribution in [-0.2, 0) is 6.42 Å². The van der Waals surface area contributed by atoms with E-state index in [-0.39, 0.29) is 5.91 Å². The Kier molecular flexibility index (Phi) is 8.11. The van der Waals surface area contributed by atoms with Crippen molar-refractivity contribution in [1.82, 2.24) is 9.47 Å². The van der Waals surface area contributed by atoms with E-state index in [1.165, 1.54) is 76.3 Å². The highest BCUT2D eigenvalue weighted by Gasteiger charge is 2.26. The van der Waals surface area contributed by atoms with E-state index in [4.69, 9.17) is 4.74 Å². The second-order valence-corrected chi connectivity index (χ2v) is 11.0. The molecule has 1 aliphatic carbocycles. The monoisotopic (exact) mass is 486 g/mol. The normalized spacial score (nSPS) is 19.6. The molecule has 1 saturated carbocycles. The summed E-state index contributed by atoms with van der Waals surface area (Å²) in [5.41, 5.74) is 4.04. The smallest absolute Gasteiger partial charge is 0.262 e. The molecule has 0 amide bonds. The van der Waals surface area contributed by atoms with Crippen molar-refractivity contribution in [1.29, 1.82) is 0 Å². The van der Waals surface area contributed by atoms with Crippen molar-refractivity contribution in [2.24, 2.45) is 5.92 Å². The van der Waals surface area contributed by atoms with Crippen LogP contribution in [0, 0.1) is 12.8 Å². The minimum absolute atomic E-state index is 0.0397. The van der Waals surface area contributed by atoms with E-state index in [1.807, 2.05) is 47.0 Å². The zero-order chi connectivity index (χ0) is 24.9. The molecule has 0 radical (unpaired) electrons. The van der Waals surface area contributed by atoms with Crippen molar-refractivity contribution in [3.05, 3.63) is 65.4 Å². The van der Waals surface area contributed by atoms with Gasteiger partial charge in [0.15, 0.2) is 0 Å². The highest BCUT2D eigenvalue weighted by molar-refractivity contribution is 6.04. The Balaban J connectivity index is 1.37. The van der Waals surface area contributed by atoms with Gasteiger partial charge >= 0.3 is 0 Å². The molecular weight excluding hydrogens is 444 g/mol. The van der Waals surface area contributed by atoms with Gasteiger partial charge in [-0.25, -0.2) is 0 Å². The quantitative estimate of drug-likeness (QED) is 0.333. The molecule has 4 nitrogen and oxygen atoms in total. The zero-order valence-electron chi connectivity index (χ0n) is 22.2. The molecule has 2 aliphatic rings. The predicted molar refractivity (Wildman–Crippen MR) is 148 cm³/mol. The van der Waals surface area contributed by atoms with E-state index < -0.39 is 0 Å². The lowest BCUT2D eigenvalue weighted by atomic mass is 9.84. The van der Waals surface area contributed by atoms with Crippen LogP contribution in [0.5, 0.6) is 5.75 Å². The van der Waals surface area contributed by atoms with Gasteiger partial charge in [-0.2, -0.15) is 0 Å². The van der Waals surface area contributed by atoms with Gasteiger partial charge in [0, 0.05) is 29.2 Å². The molecule has 1 saturated heterocycles. The average Bonchev–Trinajstić information content (AvgIpc) is 3.21. The number of nitrogens with zero attached hydrogens (tertiary/aromatic N) is 2. The first-order valence-corrected chi connectivity index (χ1v) is 14.2. The fraction of sp³-hybridized carbons (Fsp3) is 0.531. The molecule has 2 heterocycles. The lowest BCUT2D eigenvalue weighted by Gasteiger charge is -2.37. The molecule has 1 atom stereocenters. The summed E-state index contributed by atoms with van der Waals surface area (Å²) in [5.74, 6) is 1.84. The fourth-order valence-electron chi connectivity index (χ4n) is 6.72. The number of hydrogen-bond donors (Lipinski definition) is 0. The number of hydrogen-bond acceptors (Lipinski definition) is 3. The lowest BCUT2D eigenvalue weighted by molar-refractivity contribution is 0.0962. The molecule has 2 fully saturated rings. The van der Waals surface area contributed by atoms with Gasteiger partial charge in [-0.3, -0.25) is 9.36 Å². The second-order valence-electron chi connectivity index (χ2n) is 11.0. The molecule has 3 aromatic rings. The Morgan fingerprint density at radius 2 is 1.72 bits per heavy atom. The van der Waals surface area contributed by atoms with E-state index in [0.29, 0.717) is 0 Å². The largest absolute Gasteiger partial charge is 0.497 e. The number of fused-ring (bicyclic) bond motifs is 1. The molecule has 0 spiro atoms. The minimum Gasteiger partial charge on any atom is -0.497 e. The number of ether oxygens (including phenoxy) is 1. The van der Waals surface area contributed by atoms with Gasteiger partial charge in [0.2, 0.25) is 0 Å². The van der Waals surface area contributed by atoms with E-state index in [9.17, 15) is 4.79 Å². The number of aromatic nitrogens is 1. The number of carbonyl (C=O) groups is 1. The van der Waals surface area contributed by atoms with Crippen molar-refractivity contribution in [3.63, 3.8) is 0 Å². The lowest BCUT2D eigenvalue weighted by Crippen LogP contribution is -2.41. The van der Waals surface area contributed by atoms with Crippen molar-refractivity contribution in [2.75, 3.05) is 20.2 Å².